The second kappa shape index (κ2) is 8.98. The van der Waals surface area contributed by atoms with Gasteiger partial charge in [0, 0.05) is 18.7 Å². The molecule has 126 valence electrons. The third-order valence-corrected chi connectivity index (χ3v) is 3.71. The maximum Gasteiger partial charge on any atom is 0.251 e. The van der Waals surface area contributed by atoms with Crippen molar-refractivity contribution in [1.29, 1.82) is 0 Å². The van der Waals surface area contributed by atoms with E-state index in [-0.39, 0.29) is 17.8 Å². The van der Waals surface area contributed by atoms with E-state index in [4.69, 9.17) is 12.2 Å². The number of hydrogen-bond donors (Lipinski definition) is 3. The second-order valence-electron chi connectivity index (χ2n) is 5.30. The lowest BCUT2D eigenvalue weighted by Gasteiger charge is -2.17. The molecule has 0 aromatic heterocycles. The van der Waals surface area contributed by atoms with Gasteiger partial charge in [-0.25, -0.2) is 4.39 Å². The highest BCUT2D eigenvalue weighted by Crippen LogP contribution is 2.10. The van der Waals surface area contributed by atoms with Crippen LogP contribution in [0.25, 0.3) is 0 Å². The topological polar surface area (TPSA) is 53.2 Å². The first kappa shape index (κ1) is 17.9. The van der Waals surface area contributed by atoms with Gasteiger partial charge in [0.2, 0.25) is 0 Å². The Hall–Kier alpha value is -2.47. The number of thiocarbonyl (C=S) groups is 1. The van der Waals surface area contributed by atoms with Crippen LogP contribution >= 0.6 is 12.2 Å². The number of carbonyl (C=O) groups is 1. The molecule has 0 aliphatic carbocycles. The second-order valence-corrected chi connectivity index (χ2v) is 5.70. The Morgan fingerprint density at radius 1 is 1.04 bits per heavy atom. The number of amides is 1. The Labute approximate surface area is 146 Å². The van der Waals surface area contributed by atoms with Gasteiger partial charge >= 0.3 is 0 Å². The smallest absolute Gasteiger partial charge is 0.251 e. The van der Waals surface area contributed by atoms with E-state index in [1.54, 1.807) is 0 Å². The molecule has 2 aromatic rings. The van der Waals surface area contributed by atoms with Crippen LogP contribution in [0.5, 0.6) is 0 Å². The molecule has 0 saturated carbocycles. The highest BCUT2D eigenvalue weighted by Gasteiger charge is 2.07. The monoisotopic (exact) mass is 345 g/mol. The summed E-state index contributed by atoms with van der Waals surface area (Å²) in [5.41, 5.74) is 1.57. The number of hydrogen-bond acceptors (Lipinski definition) is 2. The fourth-order valence-corrected chi connectivity index (χ4v) is 2.41. The Balaban J connectivity index is 1.67. The molecule has 0 saturated heterocycles. The maximum atomic E-state index is 12.8. The van der Waals surface area contributed by atoms with Crippen LogP contribution in [0.15, 0.2) is 54.6 Å². The lowest BCUT2D eigenvalue weighted by Crippen LogP contribution is -2.41. The van der Waals surface area contributed by atoms with Gasteiger partial charge in [-0.15, -0.1) is 0 Å². The summed E-state index contributed by atoms with van der Waals surface area (Å²) < 4.78 is 12.8. The Kier molecular flexibility index (Phi) is 6.69. The van der Waals surface area contributed by atoms with Gasteiger partial charge in [0.25, 0.3) is 5.91 Å². The van der Waals surface area contributed by atoms with E-state index in [2.05, 4.69) is 16.0 Å². The molecule has 4 nitrogen and oxygen atoms in total. The molecule has 0 aliphatic heterocycles. The number of nitrogens with one attached hydrogen (secondary N) is 3. The SMILES string of the molecule is CC(NC(=S)NCCNC(=O)c1ccc(F)cc1)c1ccccc1. The molecule has 2 aromatic carbocycles. The predicted octanol–water partition coefficient (Wildman–Crippen LogP) is 2.78. The van der Waals surface area contributed by atoms with E-state index in [9.17, 15) is 9.18 Å². The van der Waals surface area contributed by atoms with Gasteiger partial charge < -0.3 is 16.0 Å². The van der Waals surface area contributed by atoms with Crippen LogP contribution in [0.3, 0.4) is 0 Å². The minimum Gasteiger partial charge on any atom is -0.361 e. The fraction of sp³-hybridized carbons (Fsp3) is 0.222. The quantitative estimate of drug-likeness (QED) is 0.557. The molecule has 0 spiro atoms. The zero-order valence-electron chi connectivity index (χ0n) is 13.4. The molecule has 0 heterocycles. The molecule has 0 bridgehead atoms. The molecule has 0 radical (unpaired) electrons. The zero-order chi connectivity index (χ0) is 17.4. The molecular formula is C18H20FN3OS. The van der Waals surface area contributed by atoms with Gasteiger partial charge in [-0.2, -0.15) is 0 Å². The summed E-state index contributed by atoms with van der Waals surface area (Å²) >= 11 is 5.24. The van der Waals surface area contributed by atoms with Crippen molar-refractivity contribution in [3.05, 3.63) is 71.5 Å². The van der Waals surface area contributed by atoms with E-state index >= 15 is 0 Å². The van der Waals surface area contributed by atoms with E-state index in [0.717, 1.165) is 5.56 Å². The predicted molar refractivity (Wildman–Crippen MR) is 97.3 cm³/mol. The first-order valence-corrected chi connectivity index (χ1v) is 8.10. The van der Waals surface area contributed by atoms with E-state index in [1.165, 1.54) is 24.3 Å². The van der Waals surface area contributed by atoms with Crippen molar-refractivity contribution >= 4 is 23.2 Å². The standard InChI is InChI=1S/C18H20FN3OS/c1-13(14-5-3-2-4-6-14)22-18(24)21-12-11-20-17(23)15-7-9-16(19)10-8-15/h2-10,13H,11-12H2,1H3,(H,20,23)(H2,21,22,24). The molecule has 2 rings (SSSR count). The summed E-state index contributed by atoms with van der Waals surface area (Å²) in [6.45, 7) is 2.94. The number of rotatable bonds is 6. The molecule has 6 heteroatoms. The van der Waals surface area contributed by atoms with Gasteiger partial charge in [-0.3, -0.25) is 4.79 Å². The van der Waals surface area contributed by atoms with Gasteiger partial charge in [-0.1, -0.05) is 30.3 Å². The van der Waals surface area contributed by atoms with Gasteiger partial charge in [-0.05, 0) is 49.0 Å². The van der Waals surface area contributed by atoms with Crippen LogP contribution in [-0.2, 0) is 0 Å². The summed E-state index contributed by atoms with van der Waals surface area (Å²) in [6.07, 6.45) is 0. The molecule has 1 atom stereocenters. The summed E-state index contributed by atoms with van der Waals surface area (Å²) in [5, 5.41) is 9.51. The van der Waals surface area contributed by atoms with Crippen molar-refractivity contribution in [2.24, 2.45) is 0 Å². The third kappa shape index (κ3) is 5.62. The first-order chi connectivity index (χ1) is 11.6. The largest absolute Gasteiger partial charge is 0.361 e. The van der Waals surface area contributed by atoms with Gasteiger partial charge in [0.1, 0.15) is 5.82 Å². The van der Waals surface area contributed by atoms with Crippen molar-refractivity contribution in [2.75, 3.05) is 13.1 Å². The third-order valence-electron chi connectivity index (χ3n) is 3.45. The van der Waals surface area contributed by atoms with Crippen LogP contribution in [0.1, 0.15) is 28.9 Å². The maximum absolute atomic E-state index is 12.8. The van der Waals surface area contributed by atoms with Crippen molar-refractivity contribution in [3.8, 4) is 0 Å². The Morgan fingerprint density at radius 3 is 2.33 bits per heavy atom. The van der Waals surface area contributed by atoms with Crippen LogP contribution in [-0.4, -0.2) is 24.1 Å². The summed E-state index contributed by atoms with van der Waals surface area (Å²) in [5.74, 6) is -0.606. The fourth-order valence-electron chi connectivity index (χ4n) is 2.13. The minimum atomic E-state index is -0.364. The van der Waals surface area contributed by atoms with Crippen LogP contribution in [0, 0.1) is 5.82 Å². The normalized spacial score (nSPS) is 11.4. The van der Waals surface area contributed by atoms with Crippen molar-refractivity contribution in [2.45, 2.75) is 13.0 Å². The van der Waals surface area contributed by atoms with Crippen LogP contribution in [0.4, 0.5) is 4.39 Å². The highest BCUT2D eigenvalue weighted by molar-refractivity contribution is 7.80. The Bertz CT molecular complexity index is 676. The Morgan fingerprint density at radius 2 is 1.67 bits per heavy atom. The molecule has 24 heavy (non-hydrogen) atoms. The zero-order valence-corrected chi connectivity index (χ0v) is 14.2. The summed E-state index contributed by atoms with van der Waals surface area (Å²) in [4.78, 5) is 11.9. The van der Waals surface area contributed by atoms with Gasteiger partial charge in [0.05, 0.1) is 6.04 Å². The van der Waals surface area contributed by atoms with E-state index < -0.39 is 0 Å². The number of benzene rings is 2. The van der Waals surface area contributed by atoms with Gasteiger partial charge in [0.15, 0.2) is 5.11 Å². The lowest BCUT2D eigenvalue weighted by atomic mass is 10.1. The van der Waals surface area contributed by atoms with Crippen LogP contribution in [0.2, 0.25) is 0 Å². The molecule has 3 N–H and O–H groups in total. The number of carbonyl (C=O) groups excluding carboxylic acids is 1. The number of halogens is 1. The first-order valence-electron chi connectivity index (χ1n) is 7.69. The molecule has 1 amide bonds. The molecule has 0 aliphatic rings. The van der Waals surface area contributed by atoms with Crippen molar-refractivity contribution in [1.82, 2.24) is 16.0 Å². The minimum absolute atomic E-state index is 0.0972. The molecule has 0 fully saturated rings. The van der Waals surface area contributed by atoms with Crippen molar-refractivity contribution in [3.63, 3.8) is 0 Å². The summed E-state index contributed by atoms with van der Waals surface area (Å²) in [7, 11) is 0. The van der Waals surface area contributed by atoms with Crippen LogP contribution < -0.4 is 16.0 Å². The average Bonchev–Trinajstić information content (AvgIpc) is 2.60. The summed E-state index contributed by atoms with van der Waals surface area (Å²) in [6, 6.07) is 15.5. The lowest BCUT2D eigenvalue weighted by molar-refractivity contribution is 0.0954. The highest BCUT2D eigenvalue weighted by atomic mass is 32.1. The van der Waals surface area contributed by atoms with Crippen molar-refractivity contribution < 1.29 is 9.18 Å². The van der Waals surface area contributed by atoms with E-state index in [0.29, 0.717) is 23.8 Å². The average molecular weight is 345 g/mol. The van der Waals surface area contributed by atoms with E-state index in [1.807, 2.05) is 37.3 Å². The molecular weight excluding hydrogens is 325 g/mol. The molecule has 1 unspecified atom stereocenters.